The molecular weight excluding hydrogens is 405 g/mol. The van der Waals surface area contributed by atoms with Crippen molar-refractivity contribution in [2.24, 2.45) is 0 Å². The maximum Gasteiger partial charge on any atom is 0.450 e. The van der Waals surface area contributed by atoms with Crippen molar-refractivity contribution in [2.75, 3.05) is 6.79 Å². The molecule has 3 aromatic rings. The Balaban J connectivity index is 1.74. The molecule has 0 spiro atoms. The van der Waals surface area contributed by atoms with E-state index in [1.807, 2.05) is 0 Å². The van der Waals surface area contributed by atoms with Crippen molar-refractivity contribution >= 4 is 17.3 Å². The van der Waals surface area contributed by atoms with E-state index < -0.39 is 46.2 Å². The SMILES string of the molecule is O=C1c2ccccc2C(=O)c2c1oc(C(F)(F)F)c2C(=O)c1ccc2c(c1)OCO2. The molecule has 0 saturated heterocycles. The van der Waals surface area contributed by atoms with Crippen LogP contribution in [0.1, 0.15) is 53.7 Å². The fourth-order valence-electron chi connectivity index (χ4n) is 3.54. The molecule has 2 aliphatic rings. The van der Waals surface area contributed by atoms with Crippen molar-refractivity contribution in [1.82, 2.24) is 0 Å². The Morgan fingerprint density at radius 3 is 2.27 bits per heavy atom. The third-order valence-electron chi connectivity index (χ3n) is 4.88. The van der Waals surface area contributed by atoms with E-state index in [0.29, 0.717) is 5.75 Å². The van der Waals surface area contributed by atoms with Gasteiger partial charge >= 0.3 is 6.18 Å². The number of benzene rings is 2. The van der Waals surface area contributed by atoms with E-state index in [0.717, 1.165) is 0 Å². The lowest BCUT2D eigenvalue weighted by molar-refractivity contribution is -0.153. The summed E-state index contributed by atoms with van der Waals surface area (Å²) in [5.74, 6) is -4.87. The third-order valence-corrected chi connectivity index (χ3v) is 4.88. The summed E-state index contributed by atoms with van der Waals surface area (Å²) in [5.41, 5.74) is -2.03. The van der Waals surface area contributed by atoms with Crippen LogP contribution < -0.4 is 9.47 Å². The molecule has 0 atom stereocenters. The largest absolute Gasteiger partial charge is 0.454 e. The van der Waals surface area contributed by atoms with Crippen LogP contribution in [-0.2, 0) is 6.18 Å². The minimum Gasteiger partial charge on any atom is -0.454 e. The average Bonchev–Trinajstić information content (AvgIpc) is 3.35. The summed E-state index contributed by atoms with van der Waals surface area (Å²) in [4.78, 5) is 38.7. The quantitative estimate of drug-likeness (QED) is 0.461. The fraction of sp³-hybridized carbons (Fsp3) is 0.0952. The van der Waals surface area contributed by atoms with Gasteiger partial charge in [-0.2, -0.15) is 13.2 Å². The Morgan fingerprint density at radius 1 is 0.900 bits per heavy atom. The first-order chi connectivity index (χ1) is 14.3. The van der Waals surface area contributed by atoms with Crippen LogP contribution in [0.4, 0.5) is 13.2 Å². The summed E-state index contributed by atoms with van der Waals surface area (Å²) in [6, 6.07) is 9.41. The van der Waals surface area contributed by atoms with E-state index in [2.05, 4.69) is 0 Å². The van der Waals surface area contributed by atoms with E-state index in [1.54, 1.807) is 0 Å². The number of ketones is 3. The van der Waals surface area contributed by atoms with Gasteiger partial charge in [0.1, 0.15) is 0 Å². The minimum absolute atomic E-state index is 0.0837. The average molecular weight is 414 g/mol. The normalized spacial score (nSPS) is 14.5. The zero-order valence-electron chi connectivity index (χ0n) is 14.8. The third kappa shape index (κ3) is 2.48. The number of rotatable bonds is 2. The monoisotopic (exact) mass is 414 g/mol. The Labute approximate surface area is 165 Å². The highest BCUT2D eigenvalue weighted by Gasteiger charge is 2.47. The van der Waals surface area contributed by atoms with Crippen LogP contribution in [0.15, 0.2) is 46.9 Å². The van der Waals surface area contributed by atoms with Gasteiger partial charge < -0.3 is 13.9 Å². The molecule has 9 heteroatoms. The molecule has 6 nitrogen and oxygen atoms in total. The first-order valence-corrected chi connectivity index (χ1v) is 8.64. The number of hydrogen-bond acceptors (Lipinski definition) is 6. The second-order valence-electron chi connectivity index (χ2n) is 6.61. The number of carbonyl (C=O) groups excluding carboxylic acids is 3. The molecule has 30 heavy (non-hydrogen) atoms. The molecule has 0 N–H and O–H groups in total. The zero-order chi connectivity index (χ0) is 21.2. The predicted octanol–water partition coefficient (Wildman–Crippen LogP) is 4.03. The van der Waals surface area contributed by atoms with E-state index in [1.165, 1.54) is 42.5 Å². The molecule has 0 amide bonds. The van der Waals surface area contributed by atoms with Gasteiger partial charge in [-0.25, -0.2) is 0 Å². The topological polar surface area (TPSA) is 82.8 Å². The van der Waals surface area contributed by atoms with Gasteiger partial charge in [-0.1, -0.05) is 24.3 Å². The van der Waals surface area contributed by atoms with Gasteiger partial charge in [-0.3, -0.25) is 14.4 Å². The van der Waals surface area contributed by atoms with Crippen LogP contribution in [-0.4, -0.2) is 24.1 Å². The molecule has 1 aliphatic heterocycles. The van der Waals surface area contributed by atoms with Crippen molar-refractivity contribution in [1.29, 1.82) is 0 Å². The standard InChI is InChI=1S/C21H9F3O6/c22-21(23,24)20-15(16(25)9-5-6-12-13(7-9)29-8-28-12)14-17(26)10-3-1-2-4-11(10)18(27)19(14)30-20/h1-7H,8H2. The molecular formula is C21H9F3O6. The summed E-state index contributed by atoms with van der Waals surface area (Å²) < 4.78 is 56.2. The highest BCUT2D eigenvalue weighted by Crippen LogP contribution is 2.42. The summed E-state index contributed by atoms with van der Waals surface area (Å²) in [5, 5.41) is 0. The highest BCUT2D eigenvalue weighted by atomic mass is 19.4. The van der Waals surface area contributed by atoms with Crippen LogP contribution in [0, 0.1) is 0 Å². The Bertz CT molecular complexity index is 1270. The Hall–Kier alpha value is -3.88. The summed E-state index contributed by atoms with van der Waals surface area (Å²) in [7, 11) is 0. The van der Waals surface area contributed by atoms with Crippen molar-refractivity contribution < 1.29 is 41.4 Å². The molecule has 0 bridgehead atoms. The Kier molecular flexibility index (Phi) is 3.67. The lowest BCUT2D eigenvalue weighted by Gasteiger charge is -2.13. The molecule has 150 valence electrons. The van der Waals surface area contributed by atoms with Crippen LogP contribution in [0.5, 0.6) is 11.5 Å². The number of hydrogen-bond donors (Lipinski definition) is 0. The van der Waals surface area contributed by atoms with Crippen molar-refractivity contribution in [3.05, 3.63) is 81.8 Å². The molecule has 0 fully saturated rings. The summed E-state index contributed by atoms with van der Waals surface area (Å²) >= 11 is 0. The van der Waals surface area contributed by atoms with Crippen molar-refractivity contribution in [3.63, 3.8) is 0 Å². The Morgan fingerprint density at radius 2 is 1.57 bits per heavy atom. The second-order valence-corrected chi connectivity index (χ2v) is 6.61. The molecule has 1 aromatic heterocycles. The molecule has 0 saturated carbocycles. The number of furan rings is 1. The van der Waals surface area contributed by atoms with Gasteiger partial charge in [0.05, 0.1) is 11.1 Å². The van der Waals surface area contributed by atoms with Crippen molar-refractivity contribution in [3.8, 4) is 11.5 Å². The molecule has 2 aromatic carbocycles. The number of alkyl halides is 3. The summed E-state index contributed by atoms with van der Waals surface area (Å²) in [6.45, 7) is -0.0916. The smallest absolute Gasteiger partial charge is 0.450 e. The van der Waals surface area contributed by atoms with E-state index in [4.69, 9.17) is 13.9 Å². The van der Waals surface area contributed by atoms with Crippen LogP contribution >= 0.6 is 0 Å². The number of carbonyl (C=O) groups is 3. The van der Waals surface area contributed by atoms with Crippen LogP contribution in [0.25, 0.3) is 0 Å². The molecule has 1 aliphatic carbocycles. The first-order valence-electron chi connectivity index (χ1n) is 8.64. The molecule has 0 radical (unpaired) electrons. The minimum atomic E-state index is -5.11. The number of ether oxygens (including phenoxy) is 2. The van der Waals surface area contributed by atoms with Gasteiger partial charge in [0, 0.05) is 16.7 Å². The van der Waals surface area contributed by atoms with Gasteiger partial charge in [0.25, 0.3) is 0 Å². The summed E-state index contributed by atoms with van der Waals surface area (Å²) in [6.07, 6.45) is -5.11. The molecule has 2 heterocycles. The molecule has 0 unspecified atom stereocenters. The van der Waals surface area contributed by atoms with Gasteiger partial charge in [-0.15, -0.1) is 0 Å². The van der Waals surface area contributed by atoms with Crippen LogP contribution in [0.3, 0.4) is 0 Å². The number of halogens is 3. The van der Waals surface area contributed by atoms with Gasteiger partial charge in [0.15, 0.2) is 28.8 Å². The maximum atomic E-state index is 13.7. The van der Waals surface area contributed by atoms with Crippen LogP contribution in [0.2, 0.25) is 0 Å². The van der Waals surface area contributed by atoms with E-state index in [9.17, 15) is 27.6 Å². The maximum absolute atomic E-state index is 13.7. The van der Waals surface area contributed by atoms with Crippen molar-refractivity contribution in [2.45, 2.75) is 6.18 Å². The highest BCUT2D eigenvalue weighted by molar-refractivity contribution is 6.31. The van der Waals surface area contributed by atoms with E-state index in [-0.39, 0.29) is 29.2 Å². The van der Waals surface area contributed by atoms with E-state index >= 15 is 0 Å². The lowest BCUT2D eigenvalue weighted by atomic mass is 9.84. The molecule has 5 rings (SSSR count). The first kappa shape index (κ1) is 18.2. The predicted molar refractivity (Wildman–Crippen MR) is 93.0 cm³/mol. The zero-order valence-corrected chi connectivity index (χ0v) is 14.8. The van der Waals surface area contributed by atoms with Gasteiger partial charge in [0.2, 0.25) is 18.3 Å². The van der Waals surface area contributed by atoms with Gasteiger partial charge in [-0.05, 0) is 18.2 Å². The lowest BCUT2D eigenvalue weighted by Crippen LogP contribution is -2.22. The fourth-order valence-corrected chi connectivity index (χ4v) is 3.54. The second kappa shape index (κ2) is 6.06. The number of fused-ring (bicyclic) bond motifs is 3.